The number of nitrogens with one attached hydrogen (secondary N) is 2. The summed E-state index contributed by atoms with van der Waals surface area (Å²) in [5.41, 5.74) is 2.66. The number of amides is 2. The van der Waals surface area contributed by atoms with Crippen molar-refractivity contribution >= 4 is 34.5 Å². The van der Waals surface area contributed by atoms with Gasteiger partial charge in [-0.15, -0.1) is 0 Å². The summed E-state index contributed by atoms with van der Waals surface area (Å²) in [6, 6.07) is 12.3. The summed E-state index contributed by atoms with van der Waals surface area (Å²) in [6.07, 6.45) is 1.51. The van der Waals surface area contributed by atoms with Gasteiger partial charge in [0.1, 0.15) is 6.04 Å². The molecule has 0 aliphatic rings. The monoisotopic (exact) mass is 378 g/mol. The summed E-state index contributed by atoms with van der Waals surface area (Å²) < 4.78 is 0. The molecule has 1 aromatic heterocycles. The van der Waals surface area contributed by atoms with Gasteiger partial charge in [-0.05, 0) is 36.4 Å². The van der Waals surface area contributed by atoms with Crippen LogP contribution in [0.15, 0.2) is 54.7 Å². The fourth-order valence-corrected chi connectivity index (χ4v) is 2.65. The smallest absolute Gasteiger partial charge is 0.326 e. The summed E-state index contributed by atoms with van der Waals surface area (Å²) >= 11 is 0. The van der Waals surface area contributed by atoms with E-state index in [0.717, 1.165) is 0 Å². The third-order valence-corrected chi connectivity index (χ3v) is 3.98. The highest BCUT2D eigenvalue weighted by Gasteiger charge is 2.22. The summed E-state index contributed by atoms with van der Waals surface area (Å²) in [7, 11) is 0. The quantitative estimate of drug-likeness (QED) is 0.603. The van der Waals surface area contributed by atoms with Crippen LogP contribution in [0.25, 0.3) is 11.0 Å². The molecule has 0 aliphatic heterocycles. The zero-order valence-corrected chi connectivity index (χ0v) is 15.0. The fourth-order valence-electron chi connectivity index (χ4n) is 2.65. The second-order valence-electron chi connectivity index (χ2n) is 6.18. The van der Waals surface area contributed by atoms with Crippen LogP contribution >= 0.6 is 0 Å². The molecule has 3 N–H and O–H groups in total. The first-order valence-electron chi connectivity index (χ1n) is 8.54. The molecule has 0 radical (unpaired) electrons. The summed E-state index contributed by atoms with van der Waals surface area (Å²) in [4.78, 5) is 43.7. The number of nitrogens with zero attached hydrogens (tertiary/aromatic N) is 2. The first-order valence-corrected chi connectivity index (χ1v) is 8.54. The van der Waals surface area contributed by atoms with E-state index >= 15 is 0 Å². The molecule has 2 amide bonds. The molecule has 0 aliphatic carbocycles. The van der Waals surface area contributed by atoms with E-state index in [-0.39, 0.29) is 17.9 Å². The highest BCUT2D eigenvalue weighted by Crippen LogP contribution is 2.12. The number of aliphatic carboxylic acids is 1. The number of aromatic nitrogens is 2. The Morgan fingerprint density at radius 1 is 1.04 bits per heavy atom. The number of hydrogen-bond donors (Lipinski definition) is 3. The Labute approximate surface area is 160 Å². The number of carbonyl (C=O) groups excluding carboxylic acids is 2. The van der Waals surface area contributed by atoms with Crippen LogP contribution in [-0.4, -0.2) is 38.9 Å². The molecule has 0 spiro atoms. The second kappa shape index (κ2) is 8.26. The van der Waals surface area contributed by atoms with Gasteiger partial charge in [0.2, 0.25) is 5.91 Å². The van der Waals surface area contributed by atoms with Crippen molar-refractivity contribution < 1.29 is 19.5 Å². The molecule has 8 heteroatoms. The Bertz CT molecular complexity index is 1030. The average Bonchev–Trinajstić information content (AvgIpc) is 2.67. The Kier molecular flexibility index (Phi) is 5.59. The van der Waals surface area contributed by atoms with Gasteiger partial charge in [-0.1, -0.05) is 12.1 Å². The van der Waals surface area contributed by atoms with Gasteiger partial charge in [0.05, 0.1) is 16.7 Å². The normalized spacial score (nSPS) is 11.6. The largest absolute Gasteiger partial charge is 0.480 e. The maximum absolute atomic E-state index is 12.4. The lowest BCUT2D eigenvalue weighted by atomic mass is 10.1. The minimum atomic E-state index is -1.17. The SMILES string of the molecule is CC(=O)Nc1ccc(C(=O)N[C@@H](Cc2cnc3ccccc3n2)C(=O)O)cc1. The molecule has 1 heterocycles. The van der Waals surface area contributed by atoms with Crippen LogP contribution in [0.5, 0.6) is 0 Å². The van der Waals surface area contributed by atoms with E-state index in [4.69, 9.17) is 0 Å². The van der Waals surface area contributed by atoms with Crippen LogP contribution < -0.4 is 10.6 Å². The molecule has 1 atom stereocenters. The number of carboxylic acid groups (broad SMARTS) is 1. The molecule has 28 heavy (non-hydrogen) atoms. The molecule has 0 unspecified atom stereocenters. The van der Waals surface area contributed by atoms with Gasteiger partial charge in [-0.2, -0.15) is 0 Å². The van der Waals surface area contributed by atoms with Crippen LogP contribution in [0, 0.1) is 0 Å². The molecule has 3 aromatic rings. The maximum Gasteiger partial charge on any atom is 0.326 e. The van der Waals surface area contributed by atoms with E-state index in [0.29, 0.717) is 22.4 Å². The number of hydrogen-bond acceptors (Lipinski definition) is 5. The van der Waals surface area contributed by atoms with E-state index in [1.54, 1.807) is 18.2 Å². The van der Waals surface area contributed by atoms with Gasteiger partial charge in [0.25, 0.3) is 5.91 Å². The summed E-state index contributed by atoms with van der Waals surface area (Å²) in [5, 5.41) is 14.6. The Hall–Kier alpha value is -3.81. The molecule has 8 nitrogen and oxygen atoms in total. The van der Waals surface area contributed by atoms with Crippen LogP contribution in [0.3, 0.4) is 0 Å². The molecule has 2 aromatic carbocycles. The third kappa shape index (κ3) is 4.67. The van der Waals surface area contributed by atoms with Gasteiger partial charge >= 0.3 is 5.97 Å². The van der Waals surface area contributed by atoms with Crippen molar-refractivity contribution in [3.63, 3.8) is 0 Å². The number of carbonyl (C=O) groups is 3. The first kappa shape index (κ1) is 19.0. The lowest BCUT2D eigenvalue weighted by molar-refractivity contribution is -0.139. The number of anilines is 1. The molecule has 0 fully saturated rings. The summed E-state index contributed by atoms with van der Waals surface area (Å²) in [6.45, 7) is 1.38. The van der Waals surface area contributed by atoms with Crippen molar-refractivity contribution in [2.75, 3.05) is 5.32 Å². The molecular formula is C20H18N4O4. The van der Waals surface area contributed by atoms with Crippen LogP contribution in [0.4, 0.5) is 5.69 Å². The van der Waals surface area contributed by atoms with Crippen LogP contribution in [0.2, 0.25) is 0 Å². The van der Waals surface area contributed by atoms with Gasteiger partial charge in [0, 0.05) is 30.8 Å². The highest BCUT2D eigenvalue weighted by molar-refractivity contribution is 5.97. The molecular weight excluding hydrogens is 360 g/mol. The molecule has 3 rings (SSSR count). The van der Waals surface area contributed by atoms with Crippen molar-refractivity contribution in [2.24, 2.45) is 0 Å². The van der Waals surface area contributed by atoms with Gasteiger partial charge in [-0.25, -0.2) is 9.78 Å². The summed E-state index contributed by atoms with van der Waals surface area (Å²) in [5.74, 6) is -1.92. The average molecular weight is 378 g/mol. The standard InChI is InChI=1S/C20H18N4O4/c1-12(25)22-14-8-6-13(7-9-14)19(26)24-18(20(27)28)10-15-11-21-16-4-2-3-5-17(16)23-15/h2-9,11,18H,10H2,1H3,(H,22,25)(H,24,26)(H,27,28)/t18-/m0/s1. The van der Waals surface area contributed by atoms with E-state index in [1.165, 1.54) is 25.3 Å². The number of fused-ring (bicyclic) bond motifs is 1. The Balaban J connectivity index is 1.72. The van der Waals surface area contributed by atoms with Crippen LogP contribution in [-0.2, 0) is 16.0 Å². The minimum Gasteiger partial charge on any atom is -0.480 e. The zero-order valence-electron chi connectivity index (χ0n) is 15.0. The zero-order chi connectivity index (χ0) is 20.1. The molecule has 0 saturated heterocycles. The van der Waals surface area contributed by atoms with E-state index in [9.17, 15) is 19.5 Å². The topological polar surface area (TPSA) is 121 Å². The van der Waals surface area contributed by atoms with Crippen molar-refractivity contribution in [3.8, 4) is 0 Å². The number of benzene rings is 2. The van der Waals surface area contributed by atoms with E-state index < -0.39 is 17.9 Å². The van der Waals surface area contributed by atoms with E-state index in [2.05, 4.69) is 20.6 Å². The van der Waals surface area contributed by atoms with E-state index in [1.807, 2.05) is 18.2 Å². The van der Waals surface area contributed by atoms with Gasteiger partial charge in [0.15, 0.2) is 0 Å². The van der Waals surface area contributed by atoms with Gasteiger partial charge < -0.3 is 15.7 Å². The fraction of sp³-hybridized carbons (Fsp3) is 0.150. The number of carboxylic acids is 1. The Morgan fingerprint density at radius 3 is 2.36 bits per heavy atom. The Morgan fingerprint density at radius 2 is 1.71 bits per heavy atom. The van der Waals surface area contributed by atoms with Crippen molar-refractivity contribution in [1.82, 2.24) is 15.3 Å². The molecule has 0 bridgehead atoms. The number of para-hydroxylation sites is 2. The number of rotatable bonds is 6. The lowest BCUT2D eigenvalue weighted by Gasteiger charge is -2.14. The highest BCUT2D eigenvalue weighted by atomic mass is 16.4. The minimum absolute atomic E-state index is 0.00286. The second-order valence-corrected chi connectivity index (χ2v) is 6.18. The maximum atomic E-state index is 12.4. The molecule has 0 saturated carbocycles. The van der Waals surface area contributed by atoms with Crippen LogP contribution in [0.1, 0.15) is 23.0 Å². The van der Waals surface area contributed by atoms with Gasteiger partial charge in [-0.3, -0.25) is 14.6 Å². The van der Waals surface area contributed by atoms with Crippen molar-refractivity contribution in [2.45, 2.75) is 19.4 Å². The van der Waals surface area contributed by atoms with Crippen molar-refractivity contribution in [1.29, 1.82) is 0 Å². The third-order valence-electron chi connectivity index (χ3n) is 3.98. The lowest BCUT2D eigenvalue weighted by Crippen LogP contribution is -2.42. The first-order chi connectivity index (χ1) is 13.4. The molecule has 142 valence electrons. The predicted octanol–water partition coefficient (Wildman–Crippen LogP) is 2.01. The predicted molar refractivity (Wildman–Crippen MR) is 103 cm³/mol. The van der Waals surface area contributed by atoms with Crippen molar-refractivity contribution in [3.05, 3.63) is 66.0 Å².